The quantitative estimate of drug-likeness (QED) is 0.685. The van der Waals surface area contributed by atoms with Gasteiger partial charge in [0, 0.05) is 11.1 Å². The molecule has 0 saturated heterocycles. The van der Waals surface area contributed by atoms with E-state index in [9.17, 15) is 14.9 Å². The van der Waals surface area contributed by atoms with Crippen LogP contribution in [0, 0.1) is 17.0 Å². The first-order chi connectivity index (χ1) is 9.88. The van der Waals surface area contributed by atoms with Gasteiger partial charge in [-0.05, 0) is 30.7 Å². The number of nitrogens with zero attached hydrogens (tertiary/aromatic N) is 2. The molecule has 0 unspecified atom stereocenters. The fourth-order valence-electron chi connectivity index (χ4n) is 1.55. The third kappa shape index (κ3) is 3.26. The zero-order chi connectivity index (χ0) is 15.6. The fraction of sp³-hybridized carbons (Fsp3) is 0.0769. The largest absolute Gasteiger partial charge is 0.477 e. The van der Waals surface area contributed by atoms with E-state index in [0.717, 1.165) is 12.1 Å². The van der Waals surface area contributed by atoms with E-state index in [2.05, 4.69) is 4.98 Å². The lowest BCUT2D eigenvalue weighted by Gasteiger charge is -2.09. The van der Waals surface area contributed by atoms with Gasteiger partial charge in [-0.3, -0.25) is 10.1 Å². The summed E-state index contributed by atoms with van der Waals surface area (Å²) in [5.74, 6) is -1.44. The van der Waals surface area contributed by atoms with E-state index in [-0.39, 0.29) is 11.4 Å². The Labute approximate surface area is 123 Å². The average Bonchev–Trinajstić information content (AvgIpc) is 2.42. The highest BCUT2D eigenvalue weighted by Gasteiger charge is 2.21. The van der Waals surface area contributed by atoms with Gasteiger partial charge in [-0.2, -0.15) is 4.98 Å². The third-order valence-electron chi connectivity index (χ3n) is 2.61. The smallest absolute Gasteiger partial charge is 0.354 e. The van der Waals surface area contributed by atoms with Crippen molar-refractivity contribution in [2.24, 2.45) is 0 Å². The Balaban J connectivity index is 2.50. The molecule has 0 amide bonds. The van der Waals surface area contributed by atoms with Crippen LogP contribution >= 0.6 is 11.6 Å². The highest BCUT2D eigenvalue weighted by atomic mass is 35.5. The molecule has 2 rings (SSSR count). The maximum Gasteiger partial charge on any atom is 0.354 e. The van der Waals surface area contributed by atoms with Gasteiger partial charge < -0.3 is 9.84 Å². The molecular weight excluding hydrogens is 300 g/mol. The summed E-state index contributed by atoms with van der Waals surface area (Å²) in [5.41, 5.74) is -0.106. The minimum absolute atomic E-state index is 0.264. The van der Waals surface area contributed by atoms with Crippen molar-refractivity contribution in [3.05, 3.63) is 56.7 Å². The van der Waals surface area contributed by atoms with E-state index < -0.39 is 22.5 Å². The van der Waals surface area contributed by atoms with Gasteiger partial charge in [0.1, 0.15) is 5.75 Å². The number of benzene rings is 1. The second-order valence-corrected chi connectivity index (χ2v) is 4.53. The number of carbonyl (C=O) groups is 1. The number of halogens is 1. The van der Waals surface area contributed by atoms with Crippen LogP contribution in [0.15, 0.2) is 30.3 Å². The predicted molar refractivity (Wildman–Crippen MR) is 74.1 cm³/mol. The normalized spacial score (nSPS) is 10.2. The lowest BCUT2D eigenvalue weighted by Crippen LogP contribution is -2.04. The molecule has 0 aliphatic rings. The van der Waals surface area contributed by atoms with Crippen molar-refractivity contribution in [1.29, 1.82) is 0 Å². The van der Waals surface area contributed by atoms with Gasteiger partial charge in [0.05, 0.1) is 4.92 Å². The van der Waals surface area contributed by atoms with E-state index in [1.165, 1.54) is 6.07 Å². The topological polar surface area (TPSA) is 103 Å². The molecule has 21 heavy (non-hydrogen) atoms. The molecule has 8 heteroatoms. The molecule has 2 aromatic rings. The van der Waals surface area contributed by atoms with Crippen molar-refractivity contribution in [1.82, 2.24) is 4.98 Å². The van der Waals surface area contributed by atoms with E-state index in [4.69, 9.17) is 21.4 Å². The minimum Gasteiger partial charge on any atom is -0.477 e. The van der Waals surface area contributed by atoms with Crippen LogP contribution in [0.2, 0.25) is 5.02 Å². The molecule has 1 N–H and O–H groups in total. The first-order valence-corrected chi connectivity index (χ1v) is 6.09. The Morgan fingerprint density at radius 2 is 2.10 bits per heavy atom. The van der Waals surface area contributed by atoms with Crippen LogP contribution in [0.1, 0.15) is 16.1 Å². The monoisotopic (exact) mass is 308 g/mol. The number of aromatic nitrogens is 1. The second-order valence-electron chi connectivity index (χ2n) is 4.09. The molecule has 0 atom stereocenters. The molecule has 0 aliphatic heterocycles. The maximum atomic E-state index is 11.0. The minimum atomic E-state index is -1.31. The van der Waals surface area contributed by atoms with Crippen LogP contribution in [-0.2, 0) is 0 Å². The van der Waals surface area contributed by atoms with Crippen molar-refractivity contribution in [2.75, 3.05) is 0 Å². The molecule has 1 heterocycles. The standard InChI is InChI=1S/C13H9ClN2O5/c1-7-2-3-8(14)6-11(7)21-12-10(16(19)20)5-4-9(15-12)13(17)18/h2-6H,1H3,(H,17,18). The Morgan fingerprint density at radius 1 is 1.38 bits per heavy atom. The summed E-state index contributed by atoms with van der Waals surface area (Å²) in [6.45, 7) is 1.72. The molecular formula is C13H9ClN2O5. The summed E-state index contributed by atoms with van der Waals surface area (Å²) < 4.78 is 5.37. The van der Waals surface area contributed by atoms with E-state index >= 15 is 0 Å². The van der Waals surface area contributed by atoms with Gasteiger partial charge >= 0.3 is 11.7 Å². The molecule has 1 aromatic carbocycles. The summed E-state index contributed by atoms with van der Waals surface area (Å²) in [6.07, 6.45) is 0. The van der Waals surface area contributed by atoms with E-state index in [0.29, 0.717) is 10.6 Å². The summed E-state index contributed by atoms with van der Waals surface area (Å²) >= 11 is 5.84. The number of hydrogen-bond donors (Lipinski definition) is 1. The molecule has 1 aromatic heterocycles. The summed E-state index contributed by atoms with van der Waals surface area (Å²) in [4.78, 5) is 24.8. The SMILES string of the molecule is Cc1ccc(Cl)cc1Oc1nc(C(=O)O)ccc1[N+](=O)[O-]. The van der Waals surface area contributed by atoms with Crippen LogP contribution in [-0.4, -0.2) is 21.0 Å². The third-order valence-corrected chi connectivity index (χ3v) is 2.85. The number of aromatic carboxylic acids is 1. The van der Waals surface area contributed by atoms with Crippen LogP contribution in [0.3, 0.4) is 0 Å². The Bertz CT molecular complexity index is 732. The van der Waals surface area contributed by atoms with Crippen molar-refractivity contribution in [2.45, 2.75) is 6.92 Å². The van der Waals surface area contributed by atoms with Crippen molar-refractivity contribution in [3.8, 4) is 11.6 Å². The lowest BCUT2D eigenvalue weighted by atomic mass is 10.2. The van der Waals surface area contributed by atoms with Crippen molar-refractivity contribution in [3.63, 3.8) is 0 Å². The van der Waals surface area contributed by atoms with Gasteiger partial charge in [-0.15, -0.1) is 0 Å². The molecule has 0 saturated carbocycles. The number of hydrogen-bond acceptors (Lipinski definition) is 5. The van der Waals surface area contributed by atoms with E-state index in [1.54, 1.807) is 19.1 Å². The average molecular weight is 309 g/mol. The molecule has 0 aliphatic carbocycles. The van der Waals surface area contributed by atoms with Crippen LogP contribution in [0.4, 0.5) is 5.69 Å². The van der Waals surface area contributed by atoms with Crippen LogP contribution in [0.5, 0.6) is 11.6 Å². The molecule has 108 valence electrons. The molecule has 0 spiro atoms. The van der Waals surface area contributed by atoms with Gasteiger partial charge in [0.25, 0.3) is 5.88 Å². The Kier molecular flexibility index (Phi) is 4.04. The van der Waals surface area contributed by atoms with Gasteiger partial charge in [-0.1, -0.05) is 17.7 Å². The van der Waals surface area contributed by atoms with E-state index in [1.807, 2.05) is 0 Å². The molecule has 0 bridgehead atoms. The number of pyridine rings is 1. The first-order valence-electron chi connectivity index (χ1n) is 5.71. The van der Waals surface area contributed by atoms with Crippen molar-refractivity contribution >= 4 is 23.3 Å². The lowest BCUT2D eigenvalue weighted by molar-refractivity contribution is -0.386. The Morgan fingerprint density at radius 3 is 2.71 bits per heavy atom. The highest BCUT2D eigenvalue weighted by molar-refractivity contribution is 6.30. The Hall–Kier alpha value is -2.67. The fourth-order valence-corrected chi connectivity index (χ4v) is 1.72. The highest BCUT2D eigenvalue weighted by Crippen LogP contribution is 2.32. The number of aryl methyl sites for hydroxylation is 1. The number of ether oxygens (including phenoxy) is 1. The summed E-state index contributed by atoms with van der Waals surface area (Å²) in [7, 11) is 0. The first kappa shape index (κ1) is 14.7. The summed E-state index contributed by atoms with van der Waals surface area (Å²) in [5, 5.41) is 20.2. The molecule has 0 fully saturated rings. The molecule has 7 nitrogen and oxygen atoms in total. The predicted octanol–water partition coefficient (Wildman–Crippen LogP) is 3.44. The number of rotatable bonds is 4. The number of nitro groups is 1. The number of carboxylic acid groups (broad SMARTS) is 1. The van der Waals surface area contributed by atoms with Gasteiger partial charge in [0.15, 0.2) is 5.69 Å². The zero-order valence-corrected chi connectivity index (χ0v) is 11.5. The summed E-state index contributed by atoms with van der Waals surface area (Å²) in [6, 6.07) is 6.85. The zero-order valence-electron chi connectivity index (χ0n) is 10.7. The van der Waals surface area contributed by atoms with Gasteiger partial charge in [0.2, 0.25) is 0 Å². The van der Waals surface area contributed by atoms with Crippen LogP contribution in [0.25, 0.3) is 0 Å². The van der Waals surface area contributed by atoms with Crippen LogP contribution < -0.4 is 4.74 Å². The second kappa shape index (κ2) is 5.76. The maximum absolute atomic E-state index is 11.0. The van der Waals surface area contributed by atoms with Gasteiger partial charge in [-0.25, -0.2) is 4.79 Å². The van der Waals surface area contributed by atoms with Crippen molar-refractivity contribution < 1.29 is 19.6 Å². The number of carboxylic acids is 1. The molecule has 0 radical (unpaired) electrons.